The van der Waals surface area contributed by atoms with Crippen LogP contribution in [0.25, 0.3) is 0 Å². The van der Waals surface area contributed by atoms with E-state index >= 15 is 0 Å². The van der Waals surface area contributed by atoms with Crippen molar-refractivity contribution in [3.63, 3.8) is 0 Å². The number of benzene rings is 1. The number of ether oxygens (including phenoxy) is 2. The summed E-state index contributed by atoms with van der Waals surface area (Å²) >= 11 is 0. The van der Waals surface area contributed by atoms with Gasteiger partial charge in [0.25, 0.3) is 0 Å². The van der Waals surface area contributed by atoms with E-state index < -0.39 is 10.0 Å². The average molecular weight is 342 g/mol. The Kier molecular flexibility index (Phi) is 6.83. The van der Waals surface area contributed by atoms with Gasteiger partial charge >= 0.3 is 0 Å². The molecule has 1 aliphatic rings. The van der Waals surface area contributed by atoms with Gasteiger partial charge in [0.15, 0.2) is 0 Å². The SMILES string of the molecule is COCCOCCS(=O)(=O)N1CCN(c2cccc(C)c2)CC1. The third kappa shape index (κ3) is 5.46. The van der Waals surface area contributed by atoms with E-state index in [1.165, 1.54) is 5.56 Å². The Labute approximate surface area is 139 Å². The van der Waals surface area contributed by atoms with Crippen LogP contribution < -0.4 is 4.90 Å². The van der Waals surface area contributed by atoms with Crippen molar-refractivity contribution in [3.05, 3.63) is 29.8 Å². The summed E-state index contributed by atoms with van der Waals surface area (Å²) in [6.07, 6.45) is 0. The number of hydrogen-bond acceptors (Lipinski definition) is 5. The second-order valence-electron chi connectivity index (χ2n) is 5.65. The molecule has 0 radical (unpaired) electrons. The molecule has 1 heterocycles. The molecular formula is C16H26N2O4S. The largest absolute Gasteiger partial charge is 0.382 e. The highest BCUT2D eigenvalue weighted by atomic mass is 32.2. The van der Waals surface area contributed by atoms with Gasteiger partial charge in [0.05, 0.1) is 25.6 Å². The molecule has 0 aliphatic carbocycles. The Morgan fingerprint density at radius 3 is 2.48 bits per heavy atom. The summed E-state index contributed by atoms with van der Waals surface area (Å²) in [7, 11) is -1.65. The minimum Gasteiger partial charge on any atom is -0.382 e. The van der Waals surface area contributed by atoms with Gasteiger partial charge in [0.1, 0.15) is 0 Å². The van der Waals surface area contributed by atoms with Gasteiger partial charge in [-0.1, -0.05) is 12.1 Å². The maximum absolute atomic E-state index is 12.3. The van der Waals surface area contributed by atoms with E-state index in [1.807, 2.05) is 6.07 Å². The summed E-state index contributed by atoms with van der Waals surface area (Å²) in [5.74, 6) is 0.0289. The summed E-state index contributed by atoms with van der Waals surface area (Å²) in [4.78, 5) is 2.23. The first-order valence-electron chi connectivity index (χ1n) is 7.89. The highest BCUT2D eigenvalue weighted by molar-refractivity contribution is 7.89. The van der Waals surface area contributed by atoms with Gasteiger partial charge in [-0.2, -0.15) is 4.31 Å². The minimum absolute atomic E-state index is 0.0289. The zero-order valence-electron chi connectivity index (χ0n) is 13.9. The van der Waals surface area contributed by atoms with Crippen LogP contribution in [-0.4, -0.2) is 71.6 Å². The fourth-order valence-corrected chi connectivity index (χ4v) is 3.89. The van der Waals surface area contributed by atoms with E-state index in [4.69, 9.17) is 9.47 Å². The Morgan fingerprint density at radius 2 is 1.83 bits per heavy atom. The number of methoxy groups -OCH3 is 1. The molecule has 1 aliphatic heterocycles. The minimum atomic E-state index is -3.24. The molecule has 0 saturated carbocycles. The van der Waals surface area contributed by atoms with Gasteiger partial charge in [-0.15, -0.1) is 0 Å². The second kappa shape index (κ2) is 8.63. The molecule has 0 N–H and O–H groups in total. The topological polar surface area (TPSA) is 59.1 Å². The van der Waals surface area contributed by atoms with Crippen molar-refractivity contribution >= 4 is 15.7 Å². The van der Waals surface area contributed by atoms with E-state index in [-0.39, 0.29) is 12.4 Å². The number of nitrogens with zero attached hydrogens (tertiary/aromatic N) is 2. The van der Waals surface area contributed by atoms with Crippen molar-refractivity contribution in [1.29, 1.82) is 0 Å². The molecule has 0 aromatic heterocycles. The quantitative estimate of drug-likeness (QED) is 0.663. The van der Waals surface area contributed by atoms with Crippen molar-refractivity contribution in [2.75, 3.05) is 63.8 Å². The van der Waals surface area contributed by atoms with E-state index in [2.05, 4.69) is 30.0 Å². The highest BCUT2D eigenvalue weighted by Gasteiger charge is 2.26. The molecule has 0 atom stereocenters. The molecule has 0 bridgehead atoms. The lowest BCUT2D eigenvalue weighted by molar-refractivity contribution is 0.0781. The molecule has 1 aromatic rings. The smallest absolute Gasteiger partial charge is 0.216 e. The summed E-state index contributed by atoms with van der Waals surface area (Å²) in [5, 5.41) is 0. The van der Waals surface area contributed by atoms with Crippen molar-refractivity contribution in [2.45, 2.75) is 6.92 Å². The molecule has 0 unspecified atom stereocenters. The van der Waals surface area contributed by atoms with E-state index in [0.29, 0.717) is 39.4 Å². The third-order valence-corrected chi connectivity index (χ3v) is 5.75. The van der Waals surface area contributed by atoms with Crippen LogP contribution in [-0.2, 0) is 19.5 Å². The molecule has 7 heteroatoms. The Hall–Kier alpha value is -1.15. The molecule has 1 fully saturated rings. The highest BCUT2D eigenvalue weighted by Crippen LogP contribution is 2.18. The molecular weight excluding hydrogens is 316 g/mol. The van der Waals surface area contributed by atoms with Gasteiger partial charge < -0.3 is 14.4 Å². The standard InChI is InChI=1S/C16H26N2O4S/c1-15-4-3-5-16(14-15)17-6-8-18(9-7-17)23(19,20)13-12-22-11-10-21-2/h3-5,14H,6-13H2,1-2H3. The molecule has 23 heavy (non-hydrogen) atoms. The lowest BCUT2D eigenvalue weighted by atomic mass is 10.2. The first-order chi connectivity index (χ1) is 11.0. The van der Waals surface area contributed by atoms with E-state index in [9.17, 15) is 8.42 Å². The Balaban J connectivity index is 1.81. The van der Waals surface area contributed by atoms with Crippen molar-refractivity contribution in [3.8, 4) is 0 Å². The lowest BCUT2D eigenvalue weighted by Gasteiger charge is -2.35. The van der Waals surface area contributed by atoms with Crippen LogP contribution in [0.15, 0.2) is 24.3 Å². The fraction of sp³-hybridized carbons (Fsp3) is 0.625. The summed E-state index contributed by atoms with van der Waals surface area (Å²) in [6.45, 7) is 5.66. The molecule has 130 valence electrons. The number of piperazine rings is 1. The van der Waals surface area contributed by atoms with E-state index in [0.717, 1.165) is 5.69 Å². The molecule has 6 nitrogen and oxygen atoms in total. The number of rotatable bonds is 8. The maximum atomic E-state index is 12.3. The number of anilines is 1. The van der Waals surface area contributed by atoms with Gasteiger partial charge in [0, 0.05) is 39.0 Å². The molecule has 2 rings (SSSR count). The second-order valence-corrected chi connectivity index (χ2v) is 7.73. The molecule has 0 spiro atoms. The zero-order chi connectivity index (χ0) is 16.7. The van der Waals surface area contributed by atoms with Crippen LogP contribution in [0.2, 0.25) is 0 Å². The molecule has 0 amide bonds. The Bertz CT molecular complexity index is 583. The van der Waals surface area contributed by atoms with Crippen LogP contribution in [0.4, 0.5) is 5.69 Å². The third-order valence-electron chi connectivity index (χ3n) is 3.92. The van der Waals surface area contributed by atoms with Gasteiger partial charge in [-0.3, -0.25) is 0 Å². The number of hydrogen-bond donors (Lipinski definition) is 0. The first kappa shape index (κ1) is 18.2. The zero-order valence-corrected chi connectivity index (χ0v) is 14.7. The predicted octanol–water partition coefficient (Wildman–Crippen LogP) is 1.11. The van der Waals surface area contributed by atoms with Crippen molar-refractivity contribution in [2.24, 2.45) is 0 Å². The number of aryl methyl sites for hydroxylation is 1. The Morgan fingerprint density at radius 1 is 1.09 bits per heavy atom. The van der Waals surface area contributed by atoms with Crippen LogP contribution >= 0.6 is 0 Å². The normalized spacial score (nSPS) is 16.7. The fourth-order valence-electron chi connectivity index (χ4n) is 2.59. The molecule has 1 aromatic carbocycles. The summed E-state index contributed by atoms with van der Waals surface area (Å²) in [6, 6.07) is 8.30. The van der Waals surface area contributed by atoms with Gasteiger partial charge in [-0.25, -0.2) is 8.42 Å². The maximum Gasteiger partial charge on any atom is 0.216 e. The van der Waals surface area contributed by atoms with Gasteiger partial charge in [-0.05, 0) is 24.6 Å². The summed E-state index contributed by atoms with van der Waals surface area (Å²) in [5.41, 5.74) is 2.37. The number of sulfonamides is 1. The average Bonchev–Trinajstić information content (AvgIpc) is 2.55. The monoisotopic (exact) mass is 342 g/mol. The van der Waals surface area contributed by atoms with Crippen molar-refractivity contribution in [1.82, 2.24) is 4.31 Å². The van der Waals surface area contributed by atoms with Gasteiger partial charge in [0.2, 0.25) is 10.0 Å². The summed E-state index contributed by atoms with van der Waals surface area (Å²) < 4.78 is 36.3. The van der Waals surface area contributed by atoms with Crippen LogP contribution in [0, 0.1) is 6.92 Å². The van der Waals surface area contributed by atoms with Crippen molar-refractivity contribution < 1.29 is 17.9 Å². The van der Waals surface area contributed by atoms with Crippen LogP contribution in [0.5, 0.6) is 0 Å². The first-order valence-corrected chi connectivity index (χ1v) is 9.50. The molecule has 1 saturated heterocycles. The predicted molar refractivity (Wildman–Crippen MR) is 91.4 cm³/mol. The lowest BCUT2D eigenvalue weighted by Crippen LogP contribution is -2.49. The van der Waals surface area contributed by atoms with E-state index in [1.54, 1.807) is 11.4 Å². The van der Waals surface area contributed by atoms with Crippen LogP contribution in [0.3, 0.4) is 0 Å². The van der Waals surface area contributed by atoms with Crippen LogP contribution in [0.1, 0.15) is 5.56 Å².